The maximum Gasteiger partial charge on any atom is 0.534 e. The maximum atomic E-state index is 12.4. The highest BCUT2D eigenvalue weighted by atomic mass is 32.2. The minimum absolute atomic E-state index is 0.0500. The van der Waals surface area contributed by atoms with Crippen LogP contribution in [-0.4, -0.2) is 18.9 Å². The van der Waals surface area contributed by atoms with E-state index in [1.54, 1.807) is 36.4 Å². The van der Waals surface area contributed by atoms with Crippen molar-refractivity contribution < 1.29 is 25.8 Å². The predicted octanol–water partition coefficient (Wildman–Crippen LogP) is 3.62. The largest absolute Gasteiger partial charge is 0.534 e. The van der Waals surface area contributed by atoms with Crippen molar-refractivity contribution in [3.63, 3.8) is 0 Å². The molecular weight excluding hydrogens is 319 g/mol. The molecule has 8 heteroatoms. The number of pyridine rings is 1. The Hall–Kier alpha value is -2.35. The first-order valence-electron chi connectivity index (χ1n) is 6.07. The van der Waals surface area contributed by atoms with Crippen LogP contribution in [0, 0.1) is 0 Å². The van der Waals surface area contributed by atoms with Gasteiger partial charge in [-0.3, -0.25) is 0 Å². The van der Waals surface area contributed by atoms with Gasteiger partial charge in [-0.15, -0.1) is 0 Å². The van der Waals surface area contributed by atoms with Crippen molar-refractivity contribution in [1.29, 1.82) is 0 Å². The lowest BCUT2D eigenvalue weighted by atomic mass is 10.1. The quantitative estimate of drug-likeness (QED) is 0.410. The van der Waals surface area contributed by atoms with E-state index in [4.69, 9.17) is 0 Å². The van der Waals surface area contributed by atoms with Crippen molar-refractivity contribution in [3.05, 3.63) is 48.5 Å². The Balaban J connectivity index is 2.20. The Morgan fingerprint density at radius 2 is 1.64 bits per heavy atom. The molecule has 0 spiro atoms. The summed E-state index contributed by atoms with van der Waals surface area (Å²) in [6, 6.07) is 12.8. The van der Waals surface area contributed by atoms with E-state index in [1.165, 1.54) is 6.07 Å². The van der Waals surface area contributed by atoms with Gasteiger partial charge in [0.25, 0.3) is 0 Å². The molecule has 0 saturated carbocycles. The zero-order valence-electron chi connectivity index (χ0n) is 10.8. The van der Waals surface area contributed by atoms with Crippen LogP contribution in [0.2, 0.25) is 0 Å². The Bertz CT molecular complexity index is 968. The summed E-state index contributed by atoms with van der Waals surface area (Å²) >= 11 is 0. The summed E-state index contributed by atoms with van der Waals surface area (Å²) in [5.41, 5.74) is -4.92. The normalized spacial score (nSPS) is 12.7. The molecule has 4 nitrogen and oxygen atoms in total. The van der Waals surface area contributed by atoms with Gasteiger partial charge in [0.2, 0.25) is 0 Å². The van der Waals surface area contributed by atoms with Crippen LogP contribution in [-0.2, 0) is 10.1 Å². The molecule has 0 atom stereocenters. The fraction of sp³-hybridized carbons (Fsp3) is 0.0714. The molecule has 0 radical (unpaired) electrons. The molecule has 3 rings (SSSR count). The zero-order valence-corrected chi connectivity index (χ0v) is 11.6. The standard InChI is InChI=1S/C14H8F3NO3S/c15-14(16,17)22(19,20)21-12-7-3-5-10-8-9-4-1-2-6-11(9)18-13(10)12/h1-8H. The van der Waals surface area contributed by atoms with Gasteiger partial charge in [0, 0.05) is 10.8 Å². The molecule has 0 aliphatic rings. The van der Waals surface area contributed by atoms with E-state index in [1.807, 2.05) is 0 Å². The number of hydrogen-bond acceptors (Lipinski definition) is 4. The van der Waals surface area contributed by atoms with E-state index < -0.39 is 21.4 Å². The third kappa shape index (κ3) is 2.45. The van der Waals surface area contributed by atoms with Gasteiger partial charge in [-0.2, -0.15) is 21.6 Å². The number of alkyl halides is 3. The van der Waals surface area contributed by atoms with Crippen molar-refractivity contribution in [2.45, 2.75) is 5.51 Å². The minimum Gasteiger partial charge on any atom is -0.374 e. The van der Waals surface area contributed by atoms with Gasteiger partial charge in [0.05, 0.1) is 5.52 Å². The van der Waals surface area contributed by atoms with E-state index in [0.29, 0.717) is 10.9 Å². The molecule has 3 aromatic rings. The molecule has 0 N–H and O–H groups in total. The van der Waals surface area contributed by atoms with Gasteiger partial charge in [0.15, 0.2) is 5.75 Å². The highest BCUT2D eigenvalue weighted by molar-refractivity contribution is 7.88. The number of para-hydroxylation sites is 2. The lowest BCUT2D eigenvalue weighted by molar-refractivity contribution is -0.0499. The third-order valence-electron chi connectivity index (χ3n) is 2.99. The highest BCUT2D eigenvalue weighted by Crippen LogP contribution is 2.32. The van der Waals surface area contributed by atoms with Gasteiger partial charge >= 0.3 is 15.6 Å². The molecule has 0 unspecified atom stereocenters. The summed E-state index contributed by atoms with van der Waals surface area (Å²) < 4.78 is 63.8. The van der Waals surface area contributed by atoms with Crippen LogP contribution in [0.15, 0.2) is 48.5 Å². The number of rotatable bonds is 2. The summed E-state index contributed by atoms with van der Waals surface area (Å²) in [5, 5.41) is 1.26. The van der Waals surface area contributed by atoms with Crippen LogP contribution in [0.3, 0.4) is 0 Å². The van der Waals surface area contributed by atoms with Crippen molar-refractivity contribution in [1.82, 2.24) is 4.98 Å². The lowest BCUT2D eigenvalue weighted by Crippen LogP contribution is -2.28. The van der Waals surface area contributed by atoms with Crippen LogP contribution in [0.25, 0.3) is 21.8 Å². The molecule has 1 aromatic heterocycles. The number of nitrogens with zero attached hydrogens (tertiary/aromatic N) is 1. The molecule has 1 heterocycles. The molecule has 0 bridgehead atoms. The first-order valence-corrected chi connectivity index (χ1v) is 7.48. The Morgan fingerprint density at radius 3 is 2.36 bits per heavy atom. The summed E-state index contributed by atoms with van der Waals surface area (Å²) in [5.74, 6) is -0.458. The summed E-state index contributed by atoms with van der Waals surface area (Å²) in [6.45, 7) is 0. The van der Waals surface area contributed by atoms with Crippen molar-refractivity contribution >= 4 is 31.9 Å². The topological polar surface area (TPSA) is 56.3 Å². The second kappa shape index (κ2) is 4.84. The highest BCUT2D eigenvalue weighted by Gasteiger charge is 2.48. The maximum absolute atomic E-state index is 12.4. The fourth-order valence-electron chi connectivity index (χ4n) is 2.01. The minimum atomic E-state index is -5.74. The molecule has 0 aliphatic heterocycles. The van der Waals surface area contributed by atoms with Gasteiger partial charge < -0.3 is 4.18 Å². The molecule has 0 amide bonds. The number of benzene rings is 2. The summed E-state index contributed by atoms with van der Waals surface area (Å²) in [7, 11) is -5.74. The number of hydrogen-bond donors (Lipinski definition) is 0. The van der Waals surface area contributed by atoms with Gasteiger partial charge in [-0.1, -0.05) is 30.3 Å². The van der Waals surface area contributed by atoms with Crippen LogP contribution < -0.4 is 4.18 Å². The van der Waals surface area contributed by atoms with Crippen LogP contribution in [0.5, 0.6) is 5.75 Å². The zero-order chi connectivity index (χ0) is 16.0. The monoisotopic (exact) mass is 327 g/mol. The average molecular weight is 327 g/mol. The molecule has 0 fully saturated rings. The van der Waals surface area contributed by atoms with Crippen LogP contribution in [0.1, 0.15) is 0 Å². The van der Waals surface area contributed by atoms with Gasteiger partial charge in [-0.25, -0.2) is 4.98 Å². The molecule has 2 aromatic carbocycles. The number of aromatic nitrogens is 1. The Kier molecular flexibility index (Phi) is 3.21. The lowest BCUT2D eigenvalue weighted by Gasteiger charge is -2.11. The van der Waals surface area contributed by atoms with Crippen LogP contribution >= 0.6 is 0 Å². The number of halogens is 3. The van der Waals surface area contributed by atoms with E-state index in [0.717, 1.165) is 11.5 Å². The average Bonchev–Trinajstić information content (AvgIpc) is 2.44. The molecule has 0 aliphatic carbocycles. The summed E-state index contributed by atoms with van der Waals surface area (Å²) in [4.78, 5) is 4.19. The first-order chi connectivity index (χ1) is 10.3. The Morgan fingerprint density at radius 1 is 0.955 bits per heavy atom. The number of fused-ring (bicyclic) bond motifs is 2. The molecule has 114 valence electrons. The van der Waals surface area contributed by atoms with Gasteiger partial charge in [0.1, 0.15) is 5.52 Å². The summed E-state index contributed by atoms with van der Waals surface area (Å²) in [6.07, 6.45) is 0. The van der Waals surface area contributed by atoms with E-state index in [2.05, 4.69) is 9.17 Å². The van der Waals surface area contributed by atoms with Crippen molar-refractivity contribution in [2.24, 2.45) is 0 Å². The van der Waals surface area contributed by atoms with Gasteiger partial charge in [-0.05, 0) is 18.2 Å². The Labute approximate surface area is 123 Å². The molecule has 22 heavy (non-hydrogen) atoms. The van der Waals surface area contributed by atoms with Crippen molar-refractivity contribution in [3.8, 4) is 5.75 Å². The SMILES string of the molecule is O=S(=O)(Oc1cccc2cc3ccccc3nc12)C(F)(F)F. The molecular formula is C14H8F3NO3S. The fourth-order valence-corrected chi connectivity index (χ4v) is 2.47. The molecule has 0 saturated heterocycles. The van der Waals surface area contributed by atoms with Crippen molar-refractivity contribution in [2.75, 3.05) is 0 Å². The second-order valence-corrected chi connectivity index (χ2v) is 6.03. The third-order valence-corrected chi connectivity index (χ3v) is 3.96. The predicted molar refractivity (Wildman–Crippen MR) is 74.9 cm³/mol. The van der Waals surface area contributed by atoms with Crippen LogP contribution in [0.4, 0.5) is 13.2 Å². The van der Waals surface area contributed by atoms with E-state index >= 15 is 0 Å². The second-order valence-electron chi connectivity index (χ2n) is 4.49. The smallest absolute Gasteiger partial charge is 0.374 e. The van der Waals surface area contributed by atoms with E-state index in [-0.39, 0.29) is 5.52 Å². The van der Waals surface area contributed by atoms with E-state index in [9.17, 15) is 21.6 Å². The first kappa shape index (κ1) is 14.6.